The third-order valence-electron chi connectivity index (χ3n) is 8.72. The van der Waals surface area contributed by atoms with Crippen LogP contribution in [0, 0.1) is 17.7 Å². The minimum atomic E-state index is -0.867. The van der Waals surface area contributed by atoms with Gasteiger partial charge in [0.15, 0.2) is 0 Å². The summed E-state index contributed by atoms with van der Waals surface area (Å²) in [5, 5.41) is 5.42. The van der Waals surface area contributed by atoms with Crippen molar-refractivity contribution in [2.75, 3.05) is 38.5 Å². The maximum absolute atomic E-state index is 15.3. The van der Waals surface area contributed by atoms with Crippen LogP contribution < -0.4 is 16.4 Å². The third kappa shape index (κ3) is 8.29. The second-order valence-electron chi connectivity index (χ2n) is 11.9. The molecule has 9 nitrogen and oxygen atoms in total. The molecular formula is C32H44FN5O4. The molecule has 10 heteroatoms. The summed E-state index contributed by atoms with van der Waals surface area (Å²) in [6.07, 6.45) is 2.75. The van der Waals surface area contributed by atoms with E-state index < -0.39 is 35.8 Å². The molecule has 4 rings (SSSR count). The van der Waals surface area contributed by atoms with Gasteiger partial charge in [0.25, 0.3) is 0 Å². The normalized spacial score (nSPS) is 21.6. The standard InChI is InChI=1S/C32H44FN5O4/c1-21-9-11-24(12-10-21)29(36-32(41)42-20-23-7-5-4-6-8-23)30(39)35-27-14-13-25(19-26(27)33)22(2)28(34)31(40)38-17-15-37(3)16-18-38/h4-8,13-14,19,21-22,24,28-29H,9-12,15-18,20,34H2,1-3H3,(H,35,39)(H,36,41)/t21-,22-,24-,28+,29-/m0/s1. The number of nitrogens with zero attached hydrogens (tertiary/aromatic N) is 2. The van der Waals surface area contributed by atoms with Gasteiger partial charge in [-0.05, 0) is 55.0 Å². The summed E-state index contributed by atoms with van der Waals surface area (Å²) in [6, 6.07) is 12.1. The van der Waals surface area contributed by atoms with Crippen LogP contribution in [0.2, 0.25) is 0 Å². The molecule has 2 aliphatic rings. The lowest BCUT2D eigenvalue weighted by Crippen LogP contribution is -2.53. The highest BCUT2D eigenvalue weighted by molar-refractivity contribution is 5.97. The fraction of sp³-hybridized carbons (Fsp3) is 0.531. The number of carbonyl (C=O) groups excluding carboxylic acids is 3. The number of likely N-dealkylation sites (N-methyl/N-ethyl adjacent to an activating group) is 1. The van der Waals surface area contributed by atoms with E-state index in [4.69, 9.17) is 10.5 Å². The van der Waals surface area contributed by atoms with E-state index in [1.54, 1.807) is 17.9 Å². The van der Waals surface area contributed by atoms with Crippen LogP contribution in [0.4, 0.5) is 14.9 Å². The number of hydrogen-bond acceptors (Lipinski definition) is 6. The second kappa shape index (κ2) is 14.6. The fourth-order valence-corrected chi connectivity index (χ4v) is 5.69. The van der Waals surface area contributed by atoms with Crippen LogP contribution in [0.3, 0.4) is 0 Å². The number of ether oxygens (including phenoxy) is 1. The molecule has 0 unspecified atom stereocenters. The van der Waals surface area contributed by atoms with E-state index in [2.05, 4.69) is 22.5 Å². The number of piperazine rings is 1. The topological polar surface area (TPSA) is 117 Å². The molecule has 2 fully saturated rings. The Balaban J connectivity index is 1.40. The van der Waals surface area contributed by atoms with Gasteiger partial charge in [0, 0.05) is 32.1 Å². The minimum absolute atomic E-state index is 0.00328. The zero-order chi connectivity index (χ0) is 30.2. The summed E-state index contributed by atoms with van der Waals surface area (Å²) in [5.74, 6) is -1.23. The summed E-state index contributed by atoms with van der Waals surface area (Å²) < 4.78 is 20.7. The van der Waals surface area contributed by atoms with E-state index in [1.807, 2.05) is 37.4 Å². The van der Waals surface area contributed by atoms with Gasteiger partial charge in [0.1, 0.15) is 18.5 Å². The molecule has 0 aromatic heterocycles. The van der Waals surface area contributed by atoms with Gasteiger partial charge in [-0.1, -0.05) is 63.1 Å². The van der Waals surface area contributed by atoms with Gasteiger partial charge in [-0.15, -0.1) is 0 Å². The first kappa shape index (κ1) is 31.4. The van der Waals surface area contributed by atoms with Gasteiger partial charge in [0.2, 0.25) is 11.8 Å². The molecule has 3 atom stereocenters. The second-order valence-corrected chi connectivity index (χ2v) is 11.9. The number of hydrogen-bond donors (Lipinski definition) is 3. The first-order chi connectivity index (χ1) is 20.1. The quantitative estimate of drug-likeness (QED) is 0.411. The molecule has 2 aromatic carbocycles. The van der Waals surface area contributed by atoms with Crippen molar-refractivity contribution in [3.8, 4) is 0 Å². The summed E-state index contributed by atoms with van der Waals surface area (Å²) in [7, 11) is 2.01. The Labute approximate surface area is 247 Å². The largest absolute Gasteiger partial charge is 0.445 e. The van der Waals surface area contributed by atoms with E-state index in [0.29, 0.717) is 24.6 Å². The predicted octanol–water partition coefficient (Wildman–Crippen LogP) is 4.09. The molecule has 3 amide bonds. The molecule has 42 heavy (non-hydrogen) atoms. The molecule has 1 heterocycles. The average Bonchev–Trinajstić information content (AvgIpc) is 3.00. The van der Waals surface area contributed by atoms with Crippen LogP contribution in [0.1, 0.15) is 56.6 Å². The van der Waals surface area contributed by atoms with Gasteiger partial charge in [0.05, 0.1) is 11.7 Å². The summed E-state index contributed by atoms with van der Waals surface area (Å²) in [6.45, 7) is 6.86. The van der Waals surface area contributed by atoms with Crippen molar-refractivity contribution in [3.05, 3.63) is 65.5 Å². The van der Waals surface area contributed by atoms with E-state index in [-0.39, 0.29) is 24.1 Å². The van der Waals surface area contributed by atoms with Crippen LogP contribution in [0.15, 0.2) is 48.5 Å². The predicted molar refractivity (Wildman–Crippen MR) is 160 cm³/mol. The van der Waals surface area contributed by atoms with Crippen molar-refractivity contribution in [1.29, 1.82) is 0 Å². The first-order valence-corrected chi connectivity index (χ1v) is 14.9. The molecule has 228 valence electrons. The lowest BCUT2D eigenvalue weighted by Gasteiger charge is -2.35. The summed E-state index contributed by atoms with van der Waals surface area (Å²) in [4.78, 5) is 43.0. The number of halogens is 1. The van der Waals surface area contributed by atoms with Crippen molar-refractivity contribution in [3.63, 3.8) is 0 Å². The number of alkyl carbamates (subject to hydrolysis) is 1. The Hall–Kier alpha value is -3.50. The number of benzene rings is 2. The maximum Gasteiger partial charge on any atom is 0.408 e. The number of anilines is 1. The highest BCUT2D eigenvalue weighted by Gasteiger charge is 2.34. The van der Waals surface area contributed by atoms with E-state index in [1.165, 1.54) is 12.1 Å². The lowest BCUT2D eigenvalue weighted by atomic mass is 9.79. The molecule has 1 aliphatic carbocycles. The molecule has 0 radical (unpaired) electrons. The van der Waals surface area contributed by atoms with E-state index >= 15 is 4.39 Å². The van der Waals surface area contributed by atoms with Crippen LogP contribution in [-0.4, -0.2) is 73.0 Å². The molecule has 0 bridgehead atoms. The van der Waals surface area contributed by atoms with Gasteiger partial charge in [-0.3, -0.25) is 9.59 Å². The SMILES string of the molecule is C[C@@H](c1ccc(NC(=O)[C@@H](NC(=O)OCc2ccccc2)[C@H]2CC[C@H](C)CC2)c(F)c1)[C@@H](N)C(=O)N1CCN(C)CC1. The zero-order valence-electron chi connectivity index (χ0n) is 24.9. The number of nitrogens with two attached hydrogens (primary N) is 1. The Kier molecular flexibility index (Phi) is 10.9. The smallest absolute Gasteiger partial charge is 0.408 e. The maximum atomic E-state index is 15.3. The van der Waals surface area contributed by atoms with Crippen molar-refractivity contribution in [1.82, 2.24) is 15.1 Å². The van der Waals surface area contributed by atoms with Crippen LogP contribution in [-0.2, 0) is 20.9 Å². The van der Waals surface area contributed by atoms with E-state index in [9.17, 15) is 14.4 Å². The highest BCUT2D eigenvalue weighted by Crippen LogP contribution is 2.31. The molecule has 2 aromatic rings. The fourth-order valence-electron chi connectivity index (χ4n) is 5.69. The lowest BCUT2D eigenvalue weighted by molar-refractivity contribution is -0.134. The van der Waals surface area contributed by atoms with Crippen molar-refractivity contribution < 1.29 is 23.5 Å². The summed E-state index contributed by atoms with van der Waals surface area (Å²) in [5.41, 5.74) is 7.73. The number of carbonyl (C=O) groups is 3. The summed E-state index contributed by atoms with van der Waals surface area (Å²) >= 11 is 0. The zero-order valence-corrected chi connectivity index (χ0v) is 24.9. The minimum Gasteiger partial charge on any atom is -0.445 e. The van der Waals surface area contributed by atoms with Crippen molar-refractivity contribution in [2.24, 2.45) is 17.6 Å². The monoisotopic (exact) mass is 581 g/mol. The number of nitrogens with one attached hydrogen (secondary N) is 2. The van der Waals surface area contributed by atoms with Crippen molar-refractivity contribution in [2.45, 2.75) is 64.1 Å². The van der Waals surface area contributed by atoms with Gasteiger partial charge in [-0.2, -0.15) is 0 Å². The Morgan fingerprint density at radius 2 is 1.69 bits per heavy atom. The van der Waals surface area contributed by atoms with Gasteiger partial charge < -0.3 is 30.9 Å². The Morgan fingerprint density at radius 1 is 1.02 bits per heavy atom. The average molecular weight is 582 g/mol. The first-order valence-electron chi connectivity index (χ1n) is 14.9. The molecule has 4 N–H and O–H groups in total. The third-order valence-corrected chi connectivity index (χ3v) is 8.72. The number of rotatable bonds is 9. The molecule has 1 aliphatic heterocycles. The van der Waals surface area contributed by atoms with Gasteiger partial charge in [-0.25, -0.2) is 9.18 Å². The number of amides is 3. The Bertz CT molecular complexity index is 1210. The highest BCUT2D eigenvalue weighted by atomic mass is 19.1. The Morgan fingerprint density at radius 3 is 2.33 bits per heavy atom. The van der Waals surface area contributed by atoms with Crippen LogP contribution >= 0.6 is 0 Å². The molecule has 1 saturated carbocycles. The van der Waals surface area contributed by atoms with Gasteiger partial charge >= 0.3 is 6.09 Å². The molecule has 0 spiro atoms. The molecule has 1 saturated heterocycles. The van der Waals surface area contributed by atoms with Crippen LogP contribution in [0.5, 0.6) is 0 Å². The molecular weight excluding hydrogens is 537 g/mol. The van der Waals surface area contributed by atoms with Crippen molar-refractivity contribution >= 4 is 23.6 Å². The van der Waals surface area contributed by atoms with Crippen LogP contribution in [0.25, 0.3) is 0 Å². The van der Waals surface area contributed by atoms with E-state index in [0.717, 1.165) is 44.3 Å².